The summed E-state index contributed by atoms with van der Waals surface area (Å²) in [6.45, 7) is 0.790. The second-order valence-electron chi connectivity index (χ2n) is 2.26. The third kappa shape index (κ3) is 2.20. The SMILES string of the molecule is O=CC#CC1CCCCO1. The fourth-order valence-corrected chi connectivity index (χ4v) is 0.982. The van der Waals surface area contributed by atoms with Crippen molar-refractivity contribution < 1.29 is 9.53 Å². The predicted octanol–water partition coefficient (Wildman–Crippen LogP) is 0.758. The van der Waals surface area contributed by atoms with Crippen molar-refractivity contribution in [2.24, 2.45) is 0 Å². The Hall–Kier alpha value is -0.810. The van der Waals surface area contributed by atoms with Crippen LogP contribution in [0.4, 0.5) is 0 Å². The maximum atomic E-state index is 9.82. The van der Waals surface area contributed by atoms with Gasteiger partial charge in [-0.3, -0.25) is 4.79 Å². The zero-order chi connectivity index (χ0) is 7.23. The second-order valence-corrected chi connectivity index (χ2v) is 2.26. The number of ether oxygens (including phenoxy) is 1. The van der Waals surface area contributed by atoms with Gasteiger partial charge in [0.1, 0.15) is 6.10 Å². The molecule has 0 amide bonds. The largest absolute Gasteiger partial charge is 0.366 e. The Morgan fingerprint density at radius 2 is 2.40 bits per heavy atom. The summed E-state index contributed by atoms with van der Waals surface area (Å²) in [6.07, 6.45) is 3.88. The first-order chi connectivity index (χ1) is 4.93. The zero-order valence-electron chi connectivity index (χ0n) is 5.80. The Bertz CT molecular complexity index is 158. The number of hydrogen-bond donors (Lipinski definition) is 0. The highest BCUT2D eigenvalue weighted by Crippen LogP contribution is 2.10. The molecule has 0 aromatic heterocycles. The Kier molecular flexibility index (Phi) is 2.98. The highest BCUT2D eigenvalue weighted by atomic mass is 16.5. The zero-order valence-corrected chi connectivity index (χ0v) is 5.80. The molecule has 54 valence electrons. The second kappa shape index (κ2) is 4.08. The monoisotopic (exact) mass is 138 g/mol. The van der Waals surface area contributed by atoms with E-state index < -0.39 is 0 Å². The van der Waals surface area contributed by atoms with Crippen molar-refractivity contribution in [2.45, 2.75) is 25.4 Å². The van der Waals surface area contributed by atoms with Crippen molar-refractivity contribution >= 4 is 6.29 Å². The van der Waals surface area contributed by atoms with Gasteiger partial charge in [-0.2, -0.15) is 0 Å². The minimum atomic E-state index is 0.0129. The van der Waals surface area contributed by atoms with E-state index in [1.165, 1.54) is 0 Å². The topological polar surface area (TPSA) is 26.3 Å². The number of aldehydes is 1. The van der Waals surface area contributed by atoms with Crippen molar-refractivity contribution in [3.05, 3.63) is 0 Å². The predicted molar refractivity (Wildman–Crippen MR) is 37.4 cm³/mol. The normalized spacial score (nSPS) is 24.6. The molecule has 0 radical (unpaired) electrons. The van der Waals surface area contributed by atoms with Crippen LogP contribution in [0, 0.1) is 11.8 Å². The van der Waals surface area contributed by atoms with E-state index >= 15 is 0 Å². The fraction of sp³-hybridized carbons (Fsp3) is 0.625. The van der Waals surface area contributed by atoms with Crippen molar-refractivity contribution in [3.63, 3.8) is 0 Å². The molecule has 0 bridgehead atoms. The molecule has 1 unspecified atom stereocenters. The summed E-state index contributed by atoms with van der Waals surface area (Å²) in [5.74, 6) is 5.09. The molecule has 10 heavy (non-hydrogen) atoms. The van der Waals surface area contributed by atoms with Crippen LogP contribution in [0.3, 0.4) is 0 Å². The van der Waals surface area contributed by atoms with Crippen LogP contribution in [0.15, 0.2) is 0 Å². The third-order valence-corrected chi connectivity index (χ3v) is 1.48. The Morgan fingerprint density at radius 3 is 3.00 bits per heavy atom. The van der Waals surface area contributed by atoms with Gasteiger partial charge in [0, 0.05) is 6.61 Å². The van der Waals surface area contributed by atoms with Crippen LogP contribution in [0.2, 0.25) is 0 Å². The fourth-order valence-electron chi connectivity index (χ4n) is 0.982. The molecule has 1 aliphatic rings. The van der Waals surface area contributed by atoms with Crippen LogP contribution in [0.25, 0.3) is 0 Å². The summed E-state index contributed by atoms with van der Waals surface area (Å²) < 4.78 is 5.25. The number of carbonyl (C=O) groups is 1. The Labute approximate surface area is 60.6 Å². The molecule has 0 aromatic rings. The molecule has 2 heteroatoms. The lowest BCUT2D eigenvalue weighted by Crippen LogP contribution is -2.16. The van der Waals surface area contributed by atoms with Gasteiger partial charge in [-0.1, -0.05) is 5.92 Å². The summed E-state index contributed by atoms with van der Waals surface area (Å²) in [4.78, 5) is 9.82. The van der Waals surface area contributed by atoms with Crippen molar-refractivity contribution in [3.8, 4) is 11.8 Å². The van der Waals surface area contributed by atoms with Gasteiger partial charge in [-0.05, 0) is 25.2 Å². The lowest BCUT2D eigenvalue weighted by Gasteiger charge is -2.16. The standard InChI is InChI=1S/C8H10O2/c9-6-3-5-8-4-1-2-7-10-8/h6,8H,1-2,4,7H2. The lowest BCUT2D eigenvalue weighted by molar-refractivity contribution is -0.103. The molecular weight excluding hydrogens is 128 g/mol. The molecule has 1 rings (SSSR count). The molecule has 0 spiro atoms. The average molecular weight is 138 g/mol. The van der Waals surface area contributed by atoms with Crippen LogP contribution < -0.4 is 0 Å². The molecule has 0 N–H and O–H groups in total. The van der Waals surface area contributed by atoms with Gasteiger partial charge in [0.2, 0.25) is 0 Å². The van der Waals surface area contributed by atoms with Gasteiger partial charge < -0.3 is 4.74 Å². The minimum absolute atomic E-state index is 0.0129. The Balaban J connectivity index is 2.32. The molecule has 2 nitrogen and oxygen atoms in total. The van der Waals surface area contributed by atoms with Crippen molar-refractivity contribution in [1.29, 1.82) is 0 Å². The maximum absolute atomic E-state index is 9.82. The van der Waals surface area contributed by atoms with Gasteiger partial charge >= 0.3 is 0 Å². The van der Waals surface area contributed by atoms with E-state index in [2.05, 4.69) is 11.8 Å². The molecule has 1 heterocycles. The van der Waals surface area contributed by atoms with Gasteiger partial charge in [0.15, 0.2) is 6.29 Å². The molecule has 0 aromatic carbocycles. The molecule has 1 atom stereocenters. The van der Waals surface area contributed by atoms with E-state index in [9.17, 15) is 4.79 Å². The summed E-state index contributed by atoms with van der Waals surface area (Å²) in [5.41, 5.74) is 0. The average Bonchev–Trinajstić information content (AvgIpc) is 2.03. The van der Waals surface area contributed by atoms with Crippen LogP contribution in [0.5, 0.6) is 0 Å². The molecule has 1 aliphatic heterocycles. The van der Waals surface area contributed by atoms with E-state index in [1.807, 2.05) is 0 Å². The van der Waals surface area contributed by atoms with E-state index in [0.29, 0.717) is 6.29 Å². The number of rotatable bonds is 0. The number of carbonyl (C=O) groups excluding carboxylic acids is 1. The van der Waals surface area contributed by atoms with E-state index in [-0.39, 0.29) is 6.10 Å². The Morgan fingerprint density at radius 1 is 1.50 bits per heavy atom. The minimum Gasteiger partial charge on any atom is -0.366 e. The maximum Gasteiger partial charge on any atom is 0.192 e. The van der Waals surface area contributed by atoms with Crippen LogP contribution >= 0.6 is 0 Å². The van der Waals surface area contributed by atoms with Gasteiger partial charge in [0.25, 0.3) is 0 Å². The number of hydrogen-bond acceptors (Lipinski definition) is 2. The molecule has 1 saturated heterocycles. The molecule has 1 fully saturated rings. The van der Waals surface area contributed by atoms with Crippen molar-refractivity contribution in [2.75, 3.05) is 6.61 Å². The first kappa shape index (κ1) is 7.30. The summed E-state index contributed by atoms with van der Waals surface area (Å²) >= 11 is 0. The first-order valence-corrected chi connectivity index (χ1v) is 3.50. The van der Waals surface area contributed by atoms with Crippen LogP contribution in [-0.2, 0) is 9.53 Å². The third-order valence-electron chi connectivity index (χ3n) is 1.48. The van der Waals surface area contributed by atoms with Gasteiger partial charge in [-0.25, -0.2) is 0 Å². The highest BCUT2D eigenvalue weighted by molar-refractivity contribution is 5.72. The summed E-state index contributed by atoms with van der Waals surface area (Å²) in [5, 5.41) is 0. The van der Waals surface area contributed by atoms with Crippen LogP contribution in [-0.4, -0.2) is 19.0 Å². The van der Waals surface area contributed by atoms with E-state index in [4.69, 9.17) is 4.74 Å². The summed E-state index contributed by atoms with van der Waals surface area (Å²) in [7, 11) is 0. The van der Waals surface area contributed by atoms with E-state index in [0.717, 1.165) is 25.9 Å². The first-order valence-electron chi connectivity index (χ1n) is 3.50. The molecule has 0 aliphatic carbocycles. The van der Waals surface area contributed by atoms with Crippen LogP contribution in [0.1, 0.15) is 19.3 Å². The van der Waals surface area contributed by atoms with Crippen molar-refractivity contribution in [1.82, 2.24) is 0 Å². The summed E-state index contributed by atoms with van der Waals surface area (Å²) in [6, 6.07) is 0. The van der Waals surface area contributed by atoms with E-state index in [1.54, 1.807) is 0 Å². The quantitative estimate of drug-likeness (QED) is 0.365. The van der Waals surface area contributed by atoms with Gasteiger partial charge in [-0.15, -0.1) is 0 Å². The highest BCUT2D eigenvalue weighted by Gasteiger charge is 2.09. The smallest absolute Gasteiger partial charge is 0.192 e. The molecule has 0 saturated carbocycles. The van der Waals surface area contributed by atoms with Gasteiger partial charge in [0.05, 0.1) is 0 Å². The molecular formula is C8H10O2. The lowest BCUT2D eigenvalue weighted by atomic mass is 10.1.